The molecule has 2 aromatic heterocycles. The summed E-state index contributed by atoms with van der Waals surface area (Å²) in [6.45, 7) is 5.62. The quantitative estimate of drug-likeness (QED) is 0.729. The van der Waals surface area contributed by atoms with Crippen LogP contribution in [-0.4, -0.2) is 41.6 Å². The zero-order valence-electron chi connectivity index (χ0n) is 15.3. The fourth-order valence-corrected chi connectivity index (χ4v) is 3.95. The van der Waals surface area contributed by atoms with Gasteiger partial charge in [-0.1, -0.05) is 6.92 Å². The van der Waals surface area contributed by atoms with E-state index < -0.39 is 0 Å². The summed E-state index contributed by atoms with van der Waals surface area (Å²) >= 11 is 0. The Hall–Kier alpha value is -2.40. The van der Waals surface area contributed by atoms with Gasteiger partial charge in [0.15, 0.2) is 0 Å². The fraction of sp³-hybridized carbons (Fsp3) is 0.381. The molecule has 0 saturated carbocycles. The predicted octanol–water partition coefficient (Wildman–Crippen LogP) is 4.82. The normalized spacial score (nSPS) is 16.3. The smallest absolute Gasteiger partial charge is 0.138 e. The Morgan fingerprint density at radius 1 is 1.23 bits per heavy atom. The average molecular weight is 355 g/mol. The first-order valence-corrected chi connectivity index (χ1v) is 9.23. The topological polar surface area (TPSA) is 41.1 Å². The van der Waals surface area contributed by atoms with E-state index in [-0.39, 0.29) is 7.24 Å². The molecule has 3 aromatic rings. The molecule has 0 atom stereocenters. The molecule has 0 amide bonds. The molecule has 3 heterocycles. The number of fused-ring (bicyclic) bond motifs is 1. The number of pyridine rings is 1. The number of aromatic nitrogens is 2. The van der Waals surface area contributed by atoms with Crippen molar-refractivity contribution in [1.29, 1.82) is 0 Å². The predicted molar refractivity (Wildman–Crippen MR) is 104 cm³/mol. The molecule has 1 fully saturated rings. The lowest BCUT2D eigenvalue weighted by Crippen LogP contribution is -2.32. The number of hydrogen-bond acceptors (Lipinski definition) is 3. The lowest BCUT2D eigenvalue weighted by atomic mass is 9.93. The van der Waals surface area contributed by atoms with Gasteiger partial charge in [-0.3, -0.25) is 0 Å². The number of likely N-dealkylation sites (tertiary alicyclic amines) is 1. The van der Waals surface area contributed by atoms with Crippen LogP contribution in [0, 0.1) is 5.82 Å². The lowest BCUT2D eigenvalue weighted by molar-refractivity contribution is 0.221. The van der Waals surface area contributed by atoms with Crippen molar-refractivity contribution in [2.75, 3.05) is 26.7 Å². The van der Waals surface area contributed by atoms with E-state index in [2.05, 4.69) is 27.9 Å². The molecule has 1 aliphatic heterocycles. The van der Waals surface area contributed by atoms with Crippen LogP contribution in [0.3, 0.4) is 0 Å². The number of H-pyrrole nitrogens is 1. The second-order valence-electron chi connectivity index (χ2n) is 6.90. The van der Waals surface area contributed by atoms with Crippen LogP contribution in [0.5, 0.6) is 5.75 Å². The number of nitrogens with one attached hydrogen (secondary N) is 1. The summed E-state index contributed by atoms with van der Waals surface area (Å²) in [4.78, 5) is 10.5. The Balaban J connectivity index is 0.00000210. The molecule has 26 heavy (non-hydrogen) atoms. The van der Waals surface area contributed by atoms with Crippen molar-refractivity contribution in [3.8, 4) is 16.9 Å². The van der Waals surface area contributed by atoms with Crippen molar-refractivity contribution in [1.82, 2.24) is 14.9 Å². The van der Waals surface area contributed by atoms with Crippen LogP contribution in [0.15, 0.2) is 36.5 Å². The zero-order valence-corrected chi connectivity index (χ0v) is 15.3. The minimum atomic E-state index is -0.298. The van der Waals surface area contributed by atoms with Gasteiger partial charge in [-0.25, -0.2) is 9.37 Å². The van der Waals surface area contributed by atoms with Gasteiger partial charge in [0, 0.05) is 36.3 Å². The molecular weight excluding hydrogens is 329 g/mol. The highest BCUT2D eigenvalue weighted by Crippen LogP contribution is 2.37. The maximum atomic E-state index is 13.6. The molecule has 0 radical (unpaired) electrons. The fourth-order valence-electron chi connectivity index (χ4n) is 3.95. The third-order valence-electron chi connectivity index (χ3n) is 5.48. The van der Waals surface area contributed by atoms with Crippen molar-refractivity contribution in [3.05, 3.63) is 48.0 Å². The third kappa shape index (κ3) is 3.07. The first-order chi connectivity index (χ1) is 12.7. The van der Waals surface area contributed by atoms with E-state index in [0.29, 0.717) is 11.7 Å². The first-order valence-electron chi connectivity index (χ1n) is 9.23. The Bertz CT molecular complexity index is 919. The maximum absolute atomic E-state index is 13.6. The van der Waals surface area contributed by atoms with Crippen LogP contribution >= 0.6 is 0 Å². The Morgan fingerprint density at radius 2 is 2.04 bits per heavy atom. The second-order valence-corrected chi connectivity index (χ2v) is 6.90. The molecule has 0 spiro atoms. The van der Waals surface area contributed by atoms with Crippen LogP contribution in [0.25, 0.3) is 22.2 Å². The summed E-state index contributed by atoms with van der Waals surface area (Å²) in [5.74, 6) is 0.778. The highest BCUT2D eigenvalue weighted by molar-refractivity contribution is 5.95. The van der Waals surface area contributed by atoms with Gasteiger partial charge in [-0.05, 0) is 62.3 Å². The molecule has 4 nitrogen and oxygen atoms in total. The third-order valence-corrected chi connectivity index (χ3v) is 5.48. The number of methoxy groups -OCH3 is 1. The first kappa shape index (κ1) is 17.0. The van der Waals surface area contributed by atoms with Crippen molar-refractivity contribution >= 4 is 11.0 Å². The zero-order chi connectivity index (χ0) is 18.1. The van der Waals surface area contributed by atoms with E-state index in [9.17, 15) is 4.39 Å². The molecule has 1 aromatic carbocycles. The molecule has 1 saturated heterocycles. The highest BCUT2D eigenvalue weighted by Gasteiger charge is 2.22. The summed E-state index contributed by atoms with van der Waals surface area (Å²) in [7, 11) is 1.57. The highest BCUT2D eigenvalue weighted by atomic mass is 19.1. The molecular formula is C21H26FN3O. The van der Waals surface area contributed by atoms with Crippen LogP contribution < -0.4 is 4.74 Å². The SMILES string of the molecule is CCN1CCC(c2cc3c(-c4ccc(F)cc4OC)ccnc3[nH]2)CC1.[HH]. The Kier molecular flexibility index (Phi) is 4.64. The molecule has 1 N–H and O–H groups in total. The summed E-state index contributed by atoms with van der Waals surface area (Å²) in [5.41, 5.74) is 4.02. The number of nitrogens with zero attached hydrogens (tertiary/aromatic N) is 2. The summed E-state index contributed by atoms with van der Waals surface area (Å²) in [5, 5.41) is 1.06. The van der Waals surface area contributed by atoms with Crippen LogP contribution in [0.1, 0.15) is 32.8 Å². The molecule has 0 bridgehead atoms. The van der Waals surface area contributed by atoms with E-state index in [4.69, 9.17) is 4.74 Å². The summed E-state index contributed by atoms with van der Waals surface area (Å²) < 4.78 is 19.0. The monoisotopic (exact) mass is 355 g/mol. The largest absolute Gasteiger partial charge is 0.496 e. The number of aromatic amines is 1. The van der Waals surface area contributed by atoms with Crippen LogP contribution in [-0.2, 0) is 0 Å². The van der Waals surface area contributed by atoms with Crippen molar-refractivity contribution in [2.45, 2.75) is 25.7 Å². The van der Waals surface area contributed by atoms with Gasteiger partial charge in [0.2, 0.25) is 0 Å². The molecule has 1 aliphatic rings. The minimum Gasteiger partial charge on any atom is -0.496 e. The van der Waals surface area contributed by atoms with Gasteiger partial charge < -0.3 is 14.6 Å². The standard InChI is InChI=1S/C21H24FN3O.H2/c1-3-25-10-7-14(8-11-25)19-13-18-16(6-9-23-21(18)24-19)17-5-4-15(22)12-20(17)26-2;/h4-6,9,12-14H,3,7-8,10-11H2,1-2H3,(H,23,24);1H. The maximum Gasteiger partial charge on any atom is 0.138 e. The molecule has 4 rings (SSSR count). The Labute approximate surface area is 154 Å². The van der Waals surface area contributed by atoms with E-state index in [1.54, 1.807) is 19.4 Å². The summed E-state index contributed by atoms with van der Waals surface area (Å²) in [6, 6.07) is 8.85. The molecule has 0 aliphatic carbocycles. The number of hydrogen-bond donors (Lipinski definition) is 1. The van der Waals surface area contributed by atoms with Crippen molar-refractivity contribution in [3.63, 3.8) is 0 Å². The van der Waals surface area contributed by atoms with Gasteiger partial charge in [0.05, 0.1) is 7.11 Å². The lowest BCUT2D eigenvalue weighted by Gasteiger charge is -2.30. The van der Waals surface area contributed by atoms with Crippen LogP contribution in [0.4, 0.5) is 4.39 Å². The number of benzene rings is 1. The van der Waals surface area contributed by atoms with Gasteiger partial charge in [-0.2, -0.15) is 0 Å². The van der Waals surface area contributed by atoms with Crippen LogP contribution in [0.2, 0.25) is 0 Å². The van der Waals surface area contributed by atoms with Gasteiger partial charge in [0.25, 0.3) is 0 Å². The van der Waals surface area contributed by atoms with Gasteiger partial charge in [-0.15, -0.1) is 0 Å². The number of halogens is 1. The minimum absolute atomic E-state index is 0. The van der Waals surface area contributed by atoms with Crippen molar-refractivity contribution < 1.29 is 10.6 Å². The molecule has 0 unspecified atom stereocenters. The van der Waals surface area contributed by atoms with E-state index in [1.807, 2.05) is 6.07 Å². The molecule has 5 heteroatoms. The number of piperidine rings is 1. The van der Waals surface area contributed by atoms with Gasteiger partial charge >= 0.3 is 0 Å². The van der Waals surface area contributed by atoms with E-state index in [0.717, 1.165) is 54.6 Å². The average Bonchev–Trinajstić information content (AvgIpc) is 3.12. The van der Waals surface area contributed by atoms with Gasteiger partial charge in [0.1, 0.15) is 17.2 Å². The Morgan fingerprint density at radius 3 is 2.77 bits per heavy atom. The van der Waals surface area contributed by atoms with E-state index >= 15 is 0 Å². The number of rotatable bonds is 4. The van der Waals surface area contributed by atoms with Crippen molar-refractivity contribution in [2.24, 2.45) is 0 Å². The van der Waals surface area contributed by atoms with E-state index in [1.165, 1.54) is 17.8 Å². The molecule has 138 valence electrons. The number of ether oxygens (including phenoxy) is 1. The second kappa shape index (κ2) is 7.08. The summed E-state index contributed by atoms with van der Waals surface area (Å²) in [6.07, 6.45) is 4.12.